The summed E-state index contributed by atoms with van der Waals surface area (Å²) in [7, 11) is 0. The first-order valence-electron chi connectivity index (χ1n) is 10.9. The third kappa shape index (κ3) is 4.48. The van der Waals surface area contributed by atoms with E-state index in [2.05, 4.69) is 10.3 Å². The van der Waals surface area contributed by atoms with Crippen LogP contribution in [-0.2, 0) is 4.79 Å². The maximum Gasteiger partial charge on any atom is 0.319 e. The molecule has 0 aliphatic carbocycles. The van der Waals surface area contributed by atoms with Crippen LogP contribution in [-0.4, -0.2) is 52.9 Å². The number of benzene rings is 1. The first kappa shape index (κ1) is 20.4. The van der Waals surface area contributed by atoms with Crippen molar-refractivity contribution in [1.82, 2.24) is 20.1 Å². The zero-order valence-electron chi connectivity index (χ0n) is 17.6. The molecule has 2 saturated heterocycles. The van der Waals surface area contributed by atoms with Gasteiger partial charge in [0.25, 0.3) is 0 Å². The molecule has 3 amide bonds. The fraction of sp³-hybridized carbons (Fsp3) is 0.458. The van der Waals surface area contributed by atoms with Crippen LogP contribution in [0.4, 0.5) is 4.79 Å². The average Bonchev–Trinajstić information content (AvgIpc) is 3.33. The highest BCUT2D eigenvalue weighted by atomic mass is 16.2. The normalized spacial score (nSPS) is 18.3. The maximum absolute atomic E-state index is 13.1. The van der Waals surface area contributed by atoms with E-state index in [0.717, 1.165) is 42.8 Å². The lowest BCUT2D eigenvalue weighted by Crippen LogP contribution is -2.48. The molecule has 1 N–H and O–H groups in total. The van der Waals surface area contributed by atoms with Crippen LogP contribution in [0.15, 0.2) is 48.7 Å². The number of aryl methyl sites for hydroxylation is 1. The molecule has 2 aliphatic rings. The Bertz CT molecular complexity index is 872. The minimum atomic E-state index is -0.274. The number of pyridine rings is 1. The van der Waals surface area contributed by atoms with Crippen molar-refractivity contribution in [3.63, 3.8) is 0 Å². The quantitative estimate of drug-likeness (QED) is 0.845. The van der Waals surface area contributed by atoms with E-state index in [1.54, 1.807) is 6.20 Å². The number of aromatic nitrogens is 1. The third-order valence-electron chi connectivity index (χ3n) is 6.26. The summed E-state index contributed by atoms with van der Waals surface area (Å²) in [5.74, 6) is -0.0370. The molecule has 1 aromatic heterocycles. The van der Waals surface area contributed by atoms with Gasteiger partial charge in [-0.25, -0.2) is 4.79 Å². The van der Waals surface area contributed by atoms with E-state index in [-0.39, 0.29) is 23.9 Å². The van der Waals surface area contributed by atoms with Gasteiger partial charge in [-0.2, -0.15) is 0 Å². The molecule has 6 heteroatoms. The van der Waals surface area contributed by atoms with E-state index in [4.69, 9.17) is 0 Å². The Morgan fingerprint density at radius 2 is 1.63 bits per heavy atom. The number of carbonyl (C=O) groups excluding carboxylic acids is 2. The largest absolute Gasteiger partial charge is 0.343 e. The molecular formula is C24H30N4O2. The van der Waals surface area contributed by atoms with E-state index in [9.17, 15) is 9.59 Å². The standard InChI is InChI=1S/C24H30N4O2/c1-18-8-7-13-25-21(18)22(19-9-3-2-4-10-19)26-23(29)20-11-16-28(17-12-20)24(30)27-14-5-6-15-27/h2-4,7-10,13,20,22H,5-6,11-12,14-17H2,1H3,(H,26,29). The van der Waals surface area contributed by atoms with Gasteiger partial charge in [-0.1, -0.05) is 36.4 Å². The second-order valence-corrected chi connectivity index (χ2v) is 8.30. The van der Waals surface area contributed by atoms with Gasteiger partial charge in [0.05, 0.1) is 11.7 Å². The Morgan fingerprint density at radius 1 is 0.967 bits per heavy atom. The fourth-order valence-electron chi connectivity index (χ4n) is 4.46. The third-order valence-corrected chi connectivity index (χ3v) is 6.26. The zero-order chi connectivity index (χ0) is 20.9. The number of rotatable bonds is 4. The molecule has 2 aliphatic heterocycles. The van der Waals surface area contributed by atoms with Crippen molar-refractivity contribution in [1.29, 1.82) is 0 Å². The summed E-state index contributed by atoms with van der Waals surface area (Å²) < 4.78 is 0. The number of hydrogen-bond acceptors (Lipinski definition) is 3. The highest BCUT2D eigenvalue weighted by molar-refractivity contribution is 5.80. The molecular weight excluding hydrogens is 376 g/mol. The Hall–Kier alpha value is -2.89. The highest BCUT2D eigenvalue weighted by Crippen LogP contribution is 2.26. The lowest BCUT2D eigenvalue weighted by molar-refractivity contribution is -0.126. The van der Waals surface area contributed by atoms with Gasteiger partial charge in [0, 0.05) is 38.3 Å². The Morgan fingerprint density at radius 3 is 2.30 bits per heavy atom. The van der Waals surface area contributed by atoms with Gasteiger partial charge in [-0.05, 0) is 49.8 Å². The molecule has 0 bridgehead atoms. The molecule has 3 heterocycles. The van der Waals surface area contributed by atoms with Crippen molar-refractivity contribution in [3.8, 4) is 0 Å². The maximum atomic E-state index is 13.1. The van der Waals surface area contributed by atoms with Crippen LogP contribution >= 0.6 is 0 Å². The second kappa shape index (κ2) is 9.28. The van der Waals surface area contributed by atoms with E-state index >= 15 is 0 Å². The fourth-order valence-corrected chi connectivity index (χ4v) is 4.46. The second-order valence-electron chi connectivity index (χ2n) is 8.30. The Kier molecular flexibility index (Phi) is 6.31. The Labute approximate surface area is 178 Å². The van der Waals surface area contributed by atoms with Crippen molar-refractivity contribution in [3.05, 3.63) is 65.5 Å². The lowest BCUT2D eigenvalue weighted by Gasteiger charge is -2.34. The van der Waals surface area contributed by atoms with Crippen LogP contribution in [0.2, 0.25) is 0 Å². The van der Waals surface area contributed by atoms with E-state index in [0.29, 0.717) is 25.9 Å². The molecule has 0 radical (unpaired) electrons. The number of piperidine rings is 1. The van der Waals surface area contributed by atoms with Crippen LogP contribution in [0.1, 0.15) is 48.5 Å². The van der Waals surface area contributed by atoms with Crippen molar-refractivity contribution in [2.45, 2.75) is 38.6 Å². The molecule has 2 fully saturated rings. The van der Waals surface area contributed by atoms with Gasteiger partial charge in [0.15, 0.2) is 0 Å². The molecule has 0 spiro atoms. The summed E-state index contributed by atoms with van der Waals surface area (Å²) in [6.45, 7) is 5.04. The van der Waals surface area contributed by atoms with Gasteiger partial charge in [0.1, 0.15) is 0 Å². The summed E-state index contributed by atoms with van der Waals surface area (Å²) in [6, 6.07) is 13.8. The van der Waals surface area contributed by atoms with E-state index in [1.807, 2.05) is 59.2 Å². The first-order chi connectivity index (χ1) is 14.6. The summed E-state index contributed by atoms with van der Waals surface area (Å²) in [5.41, 5.74) is 2.95. The monoisotopic (exact) mass is 406 g/mol. The molecule has 0 saturated carbocycles. The molecule has 158 valence electrons. The number of nitrogens with zero attached hydrogens (tertiary/aromatic N) is 3. The SMILES string of the molecule is Cc1cccnc1C(NC(=O)C1CCN(C(=O)N2CCCC2)CC1)c1ccccc1. The Balaban J connectivity index is 1.42. The number of hydrogen-bond donors (Lipinski definition) is 1. The van der Waals surface area contributed by atoms with Gasteiger partial charge < -0.3 is 15.1 Å². The van der Waals surface area contributed by atoms with Gasteiger partial charge in [0.2, 0.25) is 5.91 Å². The number of nitrogens with one attached hydrogen (secondary N) is 1. The molecule has 1 atom stereocenters. The van der Waals surface area contributed by atoms with Crippen LogP contribution in [0, 0.1) is 12.8 Å². The molecule has 6 nitrogen and oxygen atoms in total. The van der Waals surface area contributed by atoms with Crippen LogP contribution in [0.25, 0.3) is 0 Å². The number of urea groups is 1. The van der Waals surface area contributed by atoms with Crippen LogP contribution in [0.5, 0.6) is 0 Å². The van der Waals surface area contributed by atoms with Crippen molar-refractivity contribution >= 4 is 11.9 Å². The summed E-state index contributed by atoms with van der Waals surface area (Å²) in [6.07, 6.45) is 5.37. The summed E-state index contributed by atoms with van der Waals surface area (Å²) in [5, 5.41) is 3.24. The zero-order valence-corrected chi connectivity index (χ0v) is 17.6. The van der Waals surface area contributed by atoms with Crippen LogP contribution in [0.3, 0.4) is 0 Å². The summed E-state index contributed by atoms with van der Waals surface area (Å²) in [4.78, 5) is 34.2. The first-order valence-corrected chi connectivity index (χ1v) is 10.9. The molecule has 30 heavy (non-hydrogen) atoms. The summed E-state index contributed by atoms with van der Waals surface area (Å²) >= 11 is 0. The minimum absolute atomic E-state index is 0.0437. The molecule has 1 unspecified atom stereocenters. The lowest BCUT2D eigenvalue weighted by atomic mass is 9.94. The van der Waals surface area contributed by atoms with Crippen molar-refractivity contribution in [2.75, 3.05) is 26.2 Å². The van der Waals surface area contributed by atoms with E-state index in [1.165, 1.54) is 0 Å². The van der Waals surface area contributed by atoms with Gasteiger partial charge in [-0.15, -0.1) is 0 Å². The average molecular weight is 407 g/mol. The number of amides is 3. The topological polar surface area (TPSA) is 65.5 Å². The predicted octanol–water partition coefficient (Wildman–Crippen LogP) is 3.52. The molecule has 1 aromatic carbocycles. The predicted molar refractivity (Wildman–Crippen MR) is 116 cm³/mol. The van der Waals surface area contributed by atoms with Crippen molar-refractivity contribution < 1.29 is 9.59 Å². The molecule has 2 aromatic rings. The van der Waals surface area contributed by atoms with Gasteiger partial charge in [-0.3, -0.25) is 9.78 Å². The minimum Gasteiger partial charge on any atom is -0.343 e. The van der Waals surface area contributed by atoms with Crippen molar-refractivity contribution in [2.24, 2.45) is 5.92 Å². The van der Waals surface area contributed by atoms with Gasteiger partial charge >= 0.3 is 6.03 Å². The van der Waals surface area contributed by atoms with Crippen LogP contribution < -0.4 is 5.32 Å². The smallest absolute Gasteiger partial charge is 0.319 e. The highest BCUT2D eigenvalue weighted by Gasteiger charge is 2.32. The number of likely N-dealkylation sites (tertiary alicyclic amines) is 2. The molecule has 4 rings (SSSR count). The number of carbonyl (C=O) groups is 2. The van der Waals surface area contributed by atoms with E-state index < -0.39 is 0 Å².